The zero-order valence-corrected chi connectivity index (χ0v) is 36.7. The number of hydrogen-bond acceptors (Lipinski definition) is 13. The Morgan fingerprint density at radius 1 is 0.733 bits per heavy atom. The van der Waals surface area contributed by atoms with Gasteiger partial charge in [0.25, 0.3) is 20.1 Å². The molecule has 0 bridgehead atoms. The molecule has 0 unspecified atom stereocenters. The first-order valence-electron chi connectivity index (χ1n) is 20.5. The summed E-state index contributed by atoms with van der Waals surface area (Å²) < 4.78 is 85.9. The Kier molecular flexibility index (Phi) is 13.2. The van der Waals surface area contributed by atoms with E-state index in [-0.39, 0.29) is 40.8 Å². The number of H-pyrrole nitrogens is 1. The number of piperidine rings is 1. The van der Waals surface area contributed by atoms with Gasteiger partial charge in [-0.25, -0.2) is 40.7 Å². The van der Waals surface area contributed by atoms with Crippen molar-refractivity contribution in [2.45, 2.75) is 94.2 Å². The fourth-order valence-electron chi connectivity index (χ4n) is 8.97. The number of fused-ring (bicyclic) bond motifs is 2. The summed E-state index contributed by atoms with van der Waals surface area (Å²) >= 11 is 0. The summed E-state index contributed by atoms with van der Waals surface area (Å²) in [5, 5.41) is 11.4. The third-order valence-corrected chi connectivity index (χ3v) is 17.0. The van der Waals surface area contributed by atoms with Gasteiger partial charge in [0.15, 0.2) is 5.65 Å². The average molecular weight is 886 g/mol. The smallest absolute Gasteiger partial charge is 0.269 e. The summed E-state index contributed by atoms with van der Waals surface area (Å²) in [6, 6.07) is 10.8. The van der Waals surface area contributed by atoms with Crippen molar-refractivity contribution in [3.8, 4) is 0 Å². The van der Waals surface area contributed by atoms with Crippen LogP contribution in [0.5, 0.6) is 0 Å². The number of aryl methyl sites for hydroxylation is 1. The van der Waals surface area contributed by atoms with Crippen molar-refractivity contribution in [3.05, 3.63) is 67.0 Å². The van der Waals surface area contributed by atoms with Crippen LogP contribution in [0.2, 0.25) is 0 Å². The van der Waals surface area contributed by atoms with Gasteiger partial charge in [-0.05, 0) is 107 Å². The predicted molar refractivity (Wildman–Crippen MR) is 230 cm³/mol. The molecule has 0 radical (unpaired) electrons. The monoisotopic (exact) mass is 885 g/mol. The lowest BCUT2D eigenvalue weighted by molar-refractivity contribution is 0.107. The molecule has 1 atom stereocenters. The molecule has 1 saturated heterocycles. The molecular weight excluding hydrogens is 831 g/mol. The minimum Gasteiger partial charge on any atom is -0.392 e. The molecule has 0 amide bonds. The molecule has 60 heavy (non-hydrogen) atoms. The summed E-state index contributed by atoms with van der Waals surface area (Å²) in [6.45, 7) is 2.69. The van der Waals surface area contributed by atoms with Gasteiger partial charge in [-0.2, -0.15) is 12.7 Å². The zero-order chi connectivity index (χ0) is 42.8. The lowest BCUT2D eigenvalue weighted by atomic mass is 9.86. The Hall–Kier alpha value is -4.21. The van der Waals surface area contributed by atoms with Gasteiger partial charge >= 0.3 is 0 Å². The van der Waals surface area contributed by atoms with E-state index in [2.05, 4.69) is 36.9 Å². The van der Waals surface area contributed by atoms with Crippen molar-refractivity contribution in [1.82, 2.24) is 33.2 Å². The van der Waals surface area contributed by atoms with Gasteiger partial charge in [0.05, 0.1) is 33.3 Å². The van der Waals surface area contributed by atoms with E-state index in [9.17, 15) is 30.4 Å². The minimum atomic E-state index is -3.97. The number of aromatic amines is 1. The van der Waals surface area contributed by atoms with Crippen molar-refractivity contribution >= 4 is 63.9 Å². The van der Waals surface area contributed by atoms with E-state index >= 15 is 0 Å². The quantitative estimate of drug-likeness (QED) is 0.154. The number of aliphatic hydroxyl groups is 1. The van der Waals surface area contributed by atoms with E-state index in [1.54, 1.807) is 36.7 Å². The summed E-state index contributed by atoms with van der Waals surface area (Å²) in [7, 11) is -7.10. The van der Waals surface area contributed by atoms with Crippen LogP contribution in [0, 0.1) is 18.8 Å². The first-order chi connectivity index (χ1) is 28.5. The first-order valence-corrected chi connectivity index (χ1v) is 25.1. The number of sulfonamides is 1. The molecule has 2 saturated carbocycles. The van der Waals surface area contributed by atoms with Crippen LogP contribution in [-0.4, -0.2) is 125 Å². The van der Waals surface area contributed by atoms with Crippen LogP contribution >= 0.6 is 0 Å². The molecule has 1 aliphatic heterocycles. The van der Waals surface area contributed by atoms with Crippen LogP contribution in [0.15, 0.2) is 66.3 Å². The number of aromatic nitrogens is 6. The van der Waals surface area contributed by atoms with Crippen molar-refractivity contribution < 1.29 is 34.9 Å². The molecule has 1 aromatic carbocycles. The standard InChI is InChI=1S/C21H26N4O5S2.C19H29N5O3S/c1-15-3-9-18(10-4-15)32(29,30)25-12-11-19-20(22-14-23-21(19)25)24(2)17-7-5-16(6-8-17)13-31(26,27)28;1-23(19-17-8-9-20-18(17)21-13-22-19)15-6-4-14(5-7-15)12-28(26,27)24-10-2-3-16(25)11-24/h3-4,9-12,14,16-17H,5-8,13H2,1-2H3,(H,26,27,28);8-9,13-16,25H,2-7,10-12H2,1H3,(H,20,21,22)/t16-,17-;14-,15-,16-/m.1/s1. The molecule has 4 aromatic heterocycles. The number of anilines is 2. The molecule has 5 aromatic rings. The third kappa shape index (κ3) is 9.94. The Bertz CT molecular complexity index is 2590. The first kappa shape index (κ1) is 43.9. The lowest BCUT2D eigenvalue weighted by Gasteiger charge is -2.36. The van der Waals surface area contributed by atoms with Crippen LogP contribution < -0.4 is 9.80 Å². The second kappa shape index (κ2) is 18.0. The van der Waals surface area contributed by atoms with Gasteiger partial charge < -0.3 is 19.9 Å². The highest BCUT2D eigenvalue weighted by molar-refractivity contribution is 7.90. The molecule has 17 nitrogen and oxygen atoms in total. The van der Waals surface area contributed by atoms with Gasteiger partial charge in [0.1, 0.15) is 29.9 Å². The largest absolute Gasteiger partial charge is 0.392 e. The highest BCUT2D eigenvalue weighted by Crippen LogP contribution is 2.35. The predicted octanol–water partition coefficient (Wildman–Crippen LogP) is 4.60. The molecule has 2 aliphatic carbocycles. The molecule has 20 heteroatoms. The molecule has 3 N–H and O–H groups in total. The molecule has 326 valence electrons. The zero-order valence-electron chi connectivity index (χ0n) is 34.2. The lowest BCUT2D eigenvalue weighted by Crippen LogP contribution is -2.45. The van der Waals surface area contributed by atoms with Gasteiger partial charge in [0.2, 0.25) is 10.0 Å². The topological polar surface area (TPSA) is 225 Å². The van der Waals surface area contributed by atoms with Gasteiger partial charge in [-0.3, -0.25) is 4.55 Å². The second-order valence-corrected chi connectivity index (χ2v) is 21.9. The Balaban J connectivity index is 0.000000183. The number of nitrogens with zero attached hydrogens (tertiary/aromatic N) is 8. The number of rotatable bonds is 11. The SMILES string of the molecule is CN(c1ncnc2[nH]ccc12)[C@H]1CC[C@H](CS(=O)(=O)N2CCC[C@@H](O)C2)CC1.Cc1ccc(S(=O)(=O)n2ccc3c(N(C)[C@H]4CC[C@H](CS(=O)(=O)O)CC4)ncnc32)cc1. The second-order valence-electron chi connectivity index (χ2n) is 16.6. The molecular formula is C40H55N9O8S3. The number of benzene rings is 1. The number of β-amino-alcohol motifs (C(OH)–C–C–N with tert-alkyl or cyclic N) is 1. The molecule has 3 fully saturated rings. The van der Waals surface area contributed by atoms with E-state index in [1.165, 1.54) is 20.8 Å². The van der Waals surface area contributed by atoms with Crippen molar-refractivity contribution in [2.75, 3.05) is 48.5 Å². The molecule has 3 aliphatic rings. The number of aliphatic hydroxyl groups excluding tert-OH is 1. The number of nitrogens with one attached hydrogen (secondary N) is 1. The maximum absolute atomic E-state index is 13.2. The Morgan fingerprint density at radius 2 is 1.32 bits per heavy atom. The minimum absolute atomic E-state index is 0.0548. The van der Waals surface area contributed by atoms with Crippen molar-refractivity contribution in [2.24, 2.45) is 11.8 Å². The van der Waals surface area contributed by atoms with Crippen LogP contribution in [-0.2, 0) is 30.2 Å². The van der Waals surface area contributed by atoms with Crippen LogP contribution in [0.4, 0.5) is 11.6 Å². The summed E-state index contributed by atoms with van der Waals surface area (Å²) in [6.07, 6.45) is 13.8. The van der Waals surface area contributed by atoms with Gasteiger partial charge in [-0.15, -0.1) is 0 Å². The van der Waals surface area contributed by atoms with Gasteiger partial charge in [-0.1, -0.05) is 17.7 Å². The Morgan fingerprint density at radius 3 is 1.92 bits per heavy atom. The van der Waals surface area contributed by atoms with E-state index in [4.69, 9.17) is 4.55 Å². The van der Waals surface area contributed by atoms with E-state index < -0.39 is 36.3 Å². The normalized spacial score (nSPS) is 23.2. The van der Waals surface area contributed by atoms with Crippen molar-refractivity contribution in [1.29, 1.82) is 0 Å². The Labute approximate surface area is 352 Å². The molecule has 8 rings (SSSR count). The average Bonchev–Trinajstić information content (AvgIpc) is 3.89. The highest BCUT2D eigenvalue weighted by Gasteiger charge is 2.34. The van der Waals surface area contributed by atoms with Crippen molar-refractivity contribution in [3.63, 3.8) is 0 Å². The fourth-order valence-corrected chi connectivity index (χ4v) is 13.1. The van der Waals surface area contributed by atoms with E-state index in [1.807, 2.05) is 31.1 Å². The molecule has 5 heterocycles. The van der Waals surface area contributed by atoms with Gasteiger partial charge in [0, 0.05) is 51.7 Å². The maximum atomic E-state index is 13.2. The fraction of sp³-hybridized carbons (Fsp3) is 0.550. The van der Waals surface area contributed by atoms with E-state index in [0.717, 1.165) is 67.4 Å². The summed E-state index contributed by atoms with van der Waals surface area (Å²) in [4.78, 5) is 24.9. The third-order valence-electron chi connectivity index (χ3n) is 12.4. The van der Waals surface area contributed by atoms with Crippen LogP contribution in [0.25, 0.3) is 22.1 Å². The van der Waals surface area contributed by atoms with Crippen LogP contribution in [0.3, 0.4) is 0 Å². The highest BCUT2D eigenvalue weighted by atomic mass is 32.2. The summed E-state index contributed by atoms with van der Waals surface area (Å²) in [5.41, 5.74) is 2.11. The maximum Gasteiger partial charge on any atom is 0.269 e. The van der Waals surface area contributed by atoms with E-state index in [0.29, 0.717) is 48.7 Å². The summed E-state index contributed by atoms with van der Waals surface area (Å²) in [5.74, 6) is 1.68. The number of hydrogen-bond donors (Lipinski definition) is 3. The van der Waals surface area contributed by atoms with Crippen LogP contribution in [0.1, 0.15) is 69.8 Å². The molecule has 0 spiro atoms.